The van der Waals surface area contributed by atoms with E-state index >= 15 is 0 Å². The maximum atomic E-state index is 11.8. The van der Waals surface area contributed by atoms with Crippen LogP contribution >= 0.6 is 0 Å². The molecule has 5 aliphatic rings. The molecule has 5 nitrogen and oxygen atoms in total. The highest BCUT2D eigenvalue weighted by Crippen LogP contribution is 2.67. The maximum Gasteiger partial charge on any atom is 0.335 e. The number of likely N-dealkylation sites (tertiary alicyclic amines) is 1. The molecule has 2 heterocycles. The first-order chi connectivity index (χ1) is 16.3. The van der Waals surface area contributed by atoms with Crippen LogP contribution in [-0.4, -0.2) is 34.6 Å². The van der Waals surface area contributed by atoms with E-state index in [-0.39, 0.29) is 17.1 Å². The molecule has 184 valence electrons. The van der Waals surface area contributed by atoms with Crippen molar-refractivity contribution < 1.29 is 14.3 Å². The molecule has 5 heteroatoms. The molecule has 1 aromatic heterocycles. The van der Waals surface area contributed by atoms with Crippen LogP contribution in [0.5, 0.6) is 0 Å². The first-order valence-electron chi connectivity index (χ1n) is 13.6. The van der Waals surface area contributed by atoms with Crippen LogP contribution in [0.4, 0.5) is 0 Å². The Bertz CT molecular complexity index is 1040. The number of carboxylic acids is 1. The fourth-order valence-electron chi connectivity index (χ4n) is 9.43. The first kappa shape index (κ1) is 22.6. The third kappa shape index (κ3) is 3.29. The van der Waals surface area contributed by atoms with Gasteiger partial charge in [-0.2, -0.15) is 0 Å². The van der Waals surface area contributed by atoms with Gasteiger partial charge in [-0.3, -0.25) is 9.69 Å². The summed E-state index contributed by atoms with van der Waals surface area (Å²) in [5.74, 6) is 1.93. The summed E-state index contributed by atoms with van der Waals surface area (Å²) in [7, 11) is 0. The molecule has 0 aromatic carbocycles. The molecule has 0 amide bonds. The van der Waals surface area contributed by atoms with Crippen molar-refractivity contribution in [1.82, 2.24) is 4.90 Å². The van der Waals surface area contributed by atoms with E-state index in [4.69, 9.17) is 4.42 Å². The molecule has 0 bridgehead atoms. The lowest BCUT2D eigenvalue weighted by atomic mass is 9.45. The Morgan fingerprint density at radius 1 is 1.12 bits per heavy atom. The van der Waals surface area contributed by atoms with E-state index in [1.807, 2.05) is 6.07 Å². The van der Waals surface area contributed by atoms with Gasteiger partial charge in [0, 0.05) is 12.1 Å². The number of rotatable bonds is 3. The van der Waals surface area contributed by atoms with Gasteiger partial charge in [0.25, 0.3) is 0 Å². The third-order valence-corrected chi connectivity index (χ3v) is 11.2. The molecule has 34 heavy (non-hydrogen) atoms. The summed E-state index contributed by atoms with van der Waals surface area (Å²) in [5, 5.41) is 9.71. The summed E-state index contributed by atoms with van der Waals surface area (Å²) < 4.78 is 5.24. The van der Waals surface area contributed by atoms with E-state index in [9.17, 15) is 14.7 Å². The van der Waals surface area contributed by atoms with Crippen LogP contribution in [0.25, 0.3) is 0 Å². The van der Waals surface area contributed by atoms with Crippen molar-refractivity contribution in [1.29, 1.82) is 0 Å². The predicted octanol–water partition coefficient (Wildman–Crippen LogP) is 5.60. The Morgan fingerprint density at radius 2 is 1.97 bits per heavy atom. The van der Waals surface area contributed by atoms with Crippen LogP contribution in [0.2, 0.25) is 0 Å². The SMILES string of the molecule is C[C@]12CC[C@H]3[C@@H](CCC4CC(N5CCCC5C(=O)O)CC[C@@]43C)C1=CC[C@@H]2c1ccc(=O)oc1. The molecule has 4 aliphatic carbocycles. The van der Waals surface area contributed by atoms with Crippen molar-refractivity contribution in [3.05, 3.63) is 46.0 Å². The summed E-state index contributed by atoms with van der Waals surface area (Å²) in [5.41, 5.74) is 3.14. The summed E-state index contributed by atoms with van der Waals surface area (Å²) in [6, 6.07) is 3.74. The standard InChI is InChI=1S/C29H39NO4/c1-28-13-11-20(30-15-3-4-25(30)27(32)33)16-19(28)6-7-21-23-9-8-22(18-5-10-26(31)34-17-18)29(23,2)14-12-24(21)28/h5,9-10,17,19-22,24-25H,3-4,6-8,11-16H2,1-2H3,(H,32,33)/t19?,20?,21-,22+,24-,25?,28-,29+/m0/s1. The lowest BCUT2D eigenvalue weighted by molar-refractivity contribution is -0.144. The minimum atomic E-state index is -0.624. The Balaban J connectivity index is 1.21. The number of aliphatic carboxylic acids is 1. The van der Waals surface area contributed by atoms with E-state index in [0.29, 0.717) is 29.2 Å². The van der Waals surface area contributed by atoms with Gasteiger partial charge in [-0.05, 0) is 117 Å². The molecular formula is C29H39NO4. The third-order valence-electron chi connectivity index (χ3n) is 11.2. The van der Waals surface area contributed by atoms with Crippen molar-refractivity contribution in [2.45, 2.75) is 96.1 Å². The average molecular weight is 466 g/mol. The molecule has 1 N–H and O–H groups in total. The number of hydrogen-bond acceptors (Lipinski definition) is 4. The average Bonchev–Trinajstić information content (AvgIpc) is 3.44. The fraction of sp³-hybridized carbons (Fsp3) is 0.724. The largest absolute Gasteiger partial charge is 0.480 e. The Kier molecular flexibility index (Phi) is 5.36. The molecular weight excluding hydrogens is 426 g/mol. The number of nitrogens with zero attached hydrogens (tertiary/aromatic N) is 1. The molecule has 4 fully saturated rings. The lowest BCUT2D eigenvalue weighted by Gasteiger charge is -2.60. The monoisotopic (exact) mass is 465 g/mol. The highest BCUT2D eigenvalue weighted by molar-refractivity contribution is 5.73. The van der Waals surface area contributed by atoms with E-state index in [1.54, 1.807) is 17.9 Å². The van der Waals surface area contributed by atoms with Gasteiger partial charge in [-0.1, -0.05) is 25.5 Å². The van der Waals surface area contributed by atoms with Crippen LogP contribution in [0, 0.1) is 28.6 Å². The summed E-state index contributed by atoms with van der Waals surface area (Å²) >= 11 is 0. The Morgan fingerprint density at radius 3 is 2.74 bits per heavy atom. The van der Waals surface area contributed by atoms with Crippen LogP contribution < -0.4 is 5.63 Å². The number of allylic oxidation sites excluding steroid dienone is 2. The number of carboxylic acid groups (broad SMARTS) is 1. The zero-order valence-corrected chi connectivity index (χ0v) is 20.7. The topological polar surface area (TPSA) is 70.8 Å². The quantitative estimate of drug-likeness (QED) is 0.588. The van der Waals surface area contributed by atoms with Gasteiger partial charge in [0.2, 0.25) is 0 Å². The number of carbonyl (C=O) groups is 1. The molecule has 0 radical (unpaired) electrons. The number of hydrogen-bond donors (Lipinski definition) is 1. The second kappa shape index (κ2) is 8.08. The smallest absolute Gasteiger partial charge is 0.335 e. The van der Waals surface area contributed by atoms with Crippen molar-refractivity contribution in [3.8, 4) is 0 Å². The van der Waals surface area contributed by atoms with E-state index in [1.165, 1.54) is 44.1 Å². The highest BCUT2D eigenvalue weighted by atomic mass is 16.4. The van der Waals surface area contributed by atoms with Gasteiger partial charge in [0.1, 0.15) is 6.04 Å². The molecule has 3 unspecified atom stereocenters. The summed E-state index contributed by atoms with van der Waals surface area (Å²) in [6.07, 6.45) is 15.8. The molecule has 8 atom stereocenters. The summed E-state index contributed by atoms with van der Waals surface area (Å²) in [4.78, 5) is 25.6. The Hall–Kier alpha value is -1.88. The summed E-state index contributed by atoms with van der Waals surface area (Å²) in [6.45, 7) is 6.00. The van der Waals surface area contributed by atoms with Gasteiger partial charge >= 0.3 is 11.6 Å². The van der Waals surface area contributed by atoms with Crippen molar-refractivity contribution in [2.24, 2.45) is 28.6 Å². The molecule has 0 spiro atoms. The van der Waals surface area contributed by atoms with Crippen LogP contribution in [-0.2, 0) is 4.79 Å². The van der Waals surface area contributed by atoms with E-state index in [2.05, 4.69) is 24.8 Å². The second-order valence-corrected chi connectivity index (χ2v) is 12.4. The lowest BCUT2D eigenvalue weighted by Crippen LogP contribution is -2.54. The van der Waals surface area contributed by atoms with Gasteiger partial charge in [-0.25, -0.2) is 4.79 Å². The first-order valence-corrected chi connectivity index (χ1v) is 13.6. The van der Waals surface area contributed by atoms with E-state index in [0.717, 1.165) is 38.1 Å². The van der Waals surface area contributed by atoms with E-state index < -0.39 is 5.97 Å². The van der Waals surface area contributed by atoms with Crippen molar-refractivity contribution in [3.63, 3.8) is 0 Å². The molecule has 1 aromatic rings. The number of fused-ring (bicyclic) bond motifs is 5. The van der Waals surface area contributed by atoms with Gasteiger partial charge < -0.3 is 9.52 Å². The van der Waals surface area contributed by atoms with Crippen LogP contribution in [0.1, 0.15) is 89.5 Å². The molecule has 6 rings (SSSR count). The van der Waals surface area contributed by atoms with Crippen LogP contribution in [0.15, 0.2) is 39.3 Å². The van der Waals surface area contributed by atoms with Crippen molar-refractivity contribution >= 4 is 5.97 Å². The molecule has 3 saturated carbocycles. The normalized spacial score (nSPS) is 44.1. The minimum Gasteiger partial charge on any atom is -0.480 e. The van der Waals surface area contributed by atoms with Crippen LogP contribution in [0.3, 0.4) is 0 Å². The maximum absolute atomic E-state index is 11.8. The van der Waals surface area contributed by atoms with Crippen molar-refractivity contribution in [2.75, 3.05) is 6.54 Å². The van der Waals surface area contributed by atoms with Gasteiger partial charge in [0.15, 0.2) is 0 Å². The van der Waals surface area contributed by atoms with Gasteiger partial charge in [0.05, 0.1) is 6.26 Å². The molecule has 1 aliphatic heterocycles. The fourth-order valence-corrected chi connectivity index (χ4v) is 9.43. The van der Waals surface area contributed by atoms with Gasteiger partial charge in [-0.15, -0.1) is 0 Å². The second-order valence-electron chi connectivity index (χ2n) is 12.4. The Labute approximate surface area is 202 Å². The molecule has 1 saturated heterocycles. The minimum absolute atomic E-state index is 0.172. The zero-order valence-electron chi connectivity index (χ0n) is 20.7. The predicted molar refractivity (Wildman–Crippen MR) is 131 cm³/mol. The zero-order chi connectivity index (χ0) is 23.7. The highest BCUT2D eigenvalue weighted by Gasteiger charge is 2.58.